The number of methoxy groups -OCH3 is 1. The van der Waals surface area contributed by atoms with Crippen LogP contribution in [0.2, 0.25) is 0 Å². The third-order valence-corrected chi connectivity index (χ3v) is 6.48. The topological polar surface area (TPSA) is 96.0 Å². The summed E-state index contributed by atoms with van der Waals surface area (Å²) in [4.78, 5) is 28.1. The molecule has 2 aromatic rings. The molecule has 9 heteroatoms. The average Bonchev–Trinajstić information content (AvgIpc) is 2.79. The minimum absolute atomic E-state index is 0.181. The number of ether oxygens (including phenoxy) is 1. The second kappa shape index (κ2) is 13.1. The molecule has 1 atom stereocenters. The van der Waals surface area contributed by atoms with Gasteiger partial charge in [-0.25, -0.2) is 8.42 Å². The van der Waals surface area contributed by atoms with Crippen molar-refractivity contribution in [2.75, 3.05) is 40.1 Å². The number of rotatable bonds is 13. The summed E-state index contributed by atoms with van der Waals surface area (Å²) in [5, 5.41) is 2.90. The molecule has 0 bridgehead atoms. The maximum Gasteiger partial charge on any atom is 0.243 e. The van der Waals surface area contributed by atoms with Crippen molar-refractivity contribution in [3.05, 3.63) is 71.8 Å². The third kappa shape index (κ3) is 8.95. The summed E-state index contributed by atoms with van der Waals surface area (Å²) in [5.74, 6) is -0.735. The van der Waals surface area contributed by atoms with E-state index in [1.54, 1.807) is 7.11 Å². The second-order valence-electron chi connectivity index (χ2n) is 7.87. The van der Waals surface area contributed by atoms with E-state index in [2.05, 4.69) is 5.32 Å². The Balaban J connectivity index is 2.36. The van der Waals surface area contributed by atoms with Gasteiger partial charge in [0.05, 0.1) is 12.8 Å². The van der Waals surface area contributed by atoms with Gasteiger partial charge in [-0.2, -0.15) is 4.31 Å². The van der Waals surface area contributed by atoms with Gasteiger partial charge in [0, 0.05) is 40.3 Å². The molecule has 0 fully saturated rings. The van der Waals surface area contributed by atoms with Crippen molar-refractivity contribution < 1.29 is 22.7 Å². The largest absolute Gasteiger partial charge is 0.385 e. The molecule has 2 amide bonds. The number of hydrogen-bond donors (Lipinski definition) is 1. The number of benzene rings is 2. The van der Waals surface area contributed by atoms with Crippen molar-refractivity contribution >= 4 is 21.8 Å². The molecule has 0 saturated carbocycles. The molecule has 0 radical (unpaired) electrons. The molecule has 0 heterocycles. The standard InChI is InChI=1S/C24H33N3O5S/c1-26(33(3,30)31)19-23(28)27(18-21-13-8-5-9-14-21)22(17-20-11-6-4-7-12-20)24(29)25-15-10-16-32-2/h4-9,11-14,22H,10,15-19H2,1-3H3,(H,25,29). The van der Waals surface area contributed by atoms with Crippen LogP contribution in [0.1, 0.15) is 17.5 Å². The first kappa shape index (κ1) is 26.5. The Morgan fingerprint density at radius 2 is 1.58 bits per heavy atom. The molecule has 0 aromatic heterocycles. The van der Waals surface area contributed by atoms with Crippen LogP contribution in [0.15, 0.2) is 60.7 Å². The smallest absolute Gasteiger partial charge is 0.243 e. The van der Waals surface area contributed by atoms with E-state index in [9.17, 15) is 18.0 Å². The van der Waals surface area contributed by atoms with E-state index in [1.807, 2.05) is 60.7 Å². The zero-order chi connectivity index (χ0) is 24.3. The lowest BCUT2D eigenvalue weighted by Gasteiger charge is -2.32. The maximum absolute atomic E-state index is 13.3. The van der Waals surface area contributed by atoms with E-state index in [1.165, 1.54) is 11.9 Å². The number of hydrogen-bond acceptors (Lipinski definition) is 5. The summed E-state index contributed by atoms with van der Waals surface area (Å²) < 4.78 is 29.8. The monoisotopic (exact) mass is 475 g/mol. The molecule has 1 N–H and O–H groups in total. The molecule has 33 heavy (non-hydrogen) atoms. The fourth-order valence-electron chi connectivity index (χ4n) is 3.28. The molecule has 0 aliphatic carbocycles. The average molecular weight is 476 g/mol. The first-order chi connectivity index (χ1) is 15.7. The predicted octanol–water partition coefficient (Wildman–Crippen LogP) is 1.67. The molecule has 0 spiro atoms. The van der Waals surface area contributed by atoms with E-state index in [-0.39, 0.29) is 19.0 Å². The molecule has 0 saturated heterocycles. The highest BCUT2D eigenvalue weighted by Gasteiger charge is 2.31. The molecule has 1 unspecified atom stereocenters. The van der Waals surface area contributed by atoms with E-state index in [0.29, 0.717) is 26.0 Å². The van der Waals surface area contributed by atoms with Crippen LogP contribution in [0, 0.1) is 0 Å². The van der Waals surface area contributed by atoms with Gasteiger partial charge in [-0.1, -0.05) is 60.7 Å². The number of nitrogens with zero attached hydrogens (tertiary/aromatic N) is 2. The lowest BCUT2D eigenvalue weighted by atomic mass is 10.0. The number of carbonyl (C=O) groups excluding carboxylic acids is 2. The summed E-state index contributed by atoms with van der Waals surface area (Å²) in [7, 11) is -0.610. The Bertz CT molecular complexity index is 984. The zero-order valence-electron chi connectivity index (χ0n) is 19.4. The number of carbonyl (C=O) groups is 2. The van der Waals surface area contributed by atoms with Crippen LogP contribution in [0.5, 0.6) is 0 Å². The van der Waals surface area contributed by atoms with Crippen LogP contribution in [0.4, 0.5) is 0 Å². The molecular formula is C24H33N3O5S. The molecule has 2 aromatic carbocycles. The molecule has 2 rings (SSSR count). The number of nitrogens with one attached hydrogen (secondary N) is 1. The Morgan fingerprint density at radius 3 is 2.12 bits per heavy atom. The third-order valence-electron chi connectivity index (χ3n) is 5.22. The quantitative estimate of drug-likeness (QED) is 0.445. The van der Waals surface area contributed by atoms with Crippen molar-refractivity contribution in [3.63, 3.8) is 0 Å². The summed E-state index contributed by atoms with van der Waals surface area (Å²) >= 11 is 0. The fourth-order valence-corrected chi connectivity index (χ4v) is 3.62. The van der Waals surface area contributed by atoms with Crippen LogP contribution in [-0.4, -0.2) is 75.6 Å². The fraction of sp³-hybridized carbons (Fsp3) is 0.417. The summed E-state index contributed by atoms with van der Waals surface area (Å²) in [6.45, 7) is 0.748. The van der Waals surface area contributed by atoms with Gasteiger partial charge in [0.2, 0.25) is 21.8 Å². The van der Waals surface area contributed by atoms with Crippen LogP contribution in [0.25, 0.3) is 0 Å². The minimum atomic E-state index is -3.56. The minimum Gasteiger partial charge on any atom is -0.385 e. The van der Waals surface area contributed by atoms with Gasteiger partial charge in [0.1, 0.15) is 6.04 Å². The second-order valence-corrected chi connectivity index (χ2v) is 9.96. The van der Waals surface area contributed by atoms with Crippen LogP contribution in [-0.2, 0) is 37.3 Å². The van der Waals surface area contributed by atoms with Crippen LogP contribution in [0.3, 0.4) is 0 Å². The molecule has 0 aliphatic rings. The van der Waals surface area contributed by atoms with Crippen molar-refractivity contribution in [1.82, 2.24) is 14.5 Å². The SMILES string of the molecule is COCCCNC(=O)C(Cc1ccccc1)N(Cc1ccccc1)C(=O)CN(C)S(C)(=O)=O. The predicted molar refractivity (Wildman–Crippen MR) is 128 cm³/mol. The van der Waals surface area contributed by atoms with E-state index in [4.69, 9.17) is 4.74 Å². The van der Waals surface area contributed by atoms with Gasteiger partial charge >= 0.3 is 0 Å². The van der Waals surface area contributed by atoms with Gasteiger partial charge in [0.25, 0.3) is 0 Å². The van der Waals surface area contributed by atoms with Crippen molar-refractivity contribution in [2.24, 2.45) is 0 Å². The summed E-state index contributed by atoms with van der Waals surface area (Å²) in [6.07, 6.45) is 1.99. The number of amides is 2. The van der Waals surface area contributed by atoms with Gasteiger partial charge in [0.15, 0.2) is 0 Å². The molecule has 0 aliphatic heterocycles. The van der Waals surface area contributed by atoms with Crippen molar-refractivity contribution in [1.29, 1.82) is 0 Å². The highest BCUT2D eigenvalue weighted by atomic mass is 32.2. The van der Waals surface area contributed by atoms with Gasteiger partial charge in [-0.15, -0.1) is 0 Å². The zero-order valence-corrected chi connectivity index (χ0v) is 20.3. The van der Waals surface area contributed by atoms with Crippen molar-refractivity contribution in [3.8, 4) is 0 Å². The summed E-state index contributed by atoms with van der Waals surface area (Å²) in [6, 6.07) is 18.0. The van der Waals surface area contributed by atoms with E-state index >= 15 is 0 Å². The lowest BCUT2D eigenvalue weighted by molar-refractivity contribution is -0.141. The van der Waals surface area contributed by atoms with Crippen molar-refractivity contribution in [2.45, 2.75) is 25.4 Å². The molecular weight excluding hydrogens is 442 g/mol. The lowest BCUT2D eigenvalue weighted by Crippen LogP contribution is -2.53. The van der Waals surface area contributed by atoms with Crippen LogP contribution < -0.4 is 5.32 Å². The maximum atomic E-state index is 13.3. The van der Waals surface area contributed by atoms with Gasteiger partial charge in [-0.05, 0) is 17.5 Å². The Labute approximate surface area is 196 Å². The van der Waals surface area contributed by atoms with Gasteiger partial charge < -0.3 is 15.0 Å². The van der Waals surface area contributed by atoms with E-state index < -0.39 is 22.0 Å². The number of sulfonamides is 1. The van der Waals surface area contributed by atoms with Crippen LogP contribution >= 0.6 is 0 Å². The highest BCUT2D eigenvalue weighted by Crippen LogP contribution is 2.15. The Kier molecular flexibility index (Phi) is 10.5. The molecule has 8 nitrogen and oxygen atoms in total. The first-order valence-electron chi connectivity index (χ1n) is 10.8. The number of likely N-dealkylation sites (N-methyl/N-ethyl adjacent to an activating group) is 1. The first-order valence-corrected chi connectivity index (χ1v) is 12.6. The Morgan fingerprint density at radius 1 is 1.00 bits per heavy atom. The molecule has 180 valence electrons. The van der Waals surface area contributed by atoms with E-state index in [0.717, 1.165) is 21.7 Å². The van der Waals surface area contributed by atoms with Gasteiger partial charge in [-0.3, -0.25) is 9.59 Å². The Hall–Kier alpha value is -2.75. The highest BCUT2D eigenvalue weighted by molar-refractivity contribution is 7.88. The summed E-state index contributed by atoms with van der Waals surface area (Å²) in [5.41, 5.74) is 1.75. The normalized spacial score (nSPS) is 12.4.